The third-order valence-electron chi connectivity index (χ3n) is 9.95. The van der Waals surface area contributed by atoms with E-state index < -0.39 is 18.2 Å². The Morgan fingerprint density at radius 3 is 2.15 bits per heavy atom. The van der Waals surface area contributed by atoms with Crippen molar-refractivity contribution in [2.45, 2.75) is 76.5 Å². The monoisotopic (exact) mass is 760 g/mol. The number of unbranched alkanes of at least 4 members (excludes halogenated alkanes) is 1. The molecular formula is C43H60N4O8. The molecule has 4 rings (SSSR count). The summed E-state index contributed by atoms with van der Waals surface area (Å²) >= 11 is 0. The number of aryl methyl sites for hydroxylation is 1. The van der Waals surface area contributed by atoms with Crippen molar-refractivity contribution >= 4 is 17.7 Å². The van der Waals surface area contributed by atoms with E-state index in [-0.39, 0.29) is 37.0 Å². The number of amides is 3. The maximum atomic E-state index is 13.9. The van der Waals surface area contributed by atoms with E-state index in [0.717, 1.165) is 30.4 Å². The van der Waals surface area contributed by atoms with E-state index in [0.29, 0.717) is 76.0 Å². The van der Waals surface area contributed by atoms with E-state index in [1.165, 1.54) is 5.56 Å². The summed E-state index contributed by atoms with van der Waals surface area (Å²) in [6.07, 6.45) is 2.45. The maximum absolute atomic E-state index is 13.9. The van der Waals surface area contributed by atoms with Crippen LogP contribution in [-0.4, -0.2) is 118 Å². The molecule has 0 radical (unpaired) electrons. The van der Waals surface area contributed by atoms with Gasteiger partial charge in [-0.2, -0.15) is 0 Å². The van der Waals surface area contributed by atoms with Crippen LogP contribution in [0, 0.1) is 0 Å². The summed E-state index contributed by atoms with van der Waals surface area (Å²) in [7, 11) is 4.66. The van der Waals surface area contributed by atoms with Crippen molar-refractivity contribution in [1.29, 1.82) is 0 Å². The van der Waals surface area contributed by atoms with Crippen molar-refractivity contribution < 1.29 is 38.4 Å². The smallest absolute Gasteiger partial charge is 0.223 e. The Morgan fingerprint density at radius 2 is 1.51 bits per heavy atom. The van der Waals surface area contributed by atoms with Gasteiger partial charge in [-0.25, -0.2) is 0 Å². The first-order valence-electron chi connectivity index (χ1n) is 19.4. The summed E-state index contributed by atoms with van der Waals surface area (Å²) in [5.74, 6) is 0.910. The molecule has 1 heterocycles. The second-order valence-electron chi connectivity index (χ2n) is 14.0. The number of benzene rings is 3. The number of nitrogens with zero attached hydrogens (tertiary/aromatic N) is 2. The highest BCUT2D eigenvalue weighted by molar-refractivity contribution is 5.81. The number of rotatable bonds is 23. The van der Waals surface area contributed by atoms with Gasteiger partial charge in [-0.1, -0.05) is 74.0 Å². The summed E-state index contributed by atoms with van der Waals surface area (Å²) in [5.41, 5.74) is 3.01. The first-order valence-corrected chi connectivity index (χ1v) is 19.4. The standard InChI is InChI=1S/C43H60N4O8/c1-5-6-20-44-40(49)30-37(48)36(26-33-15-11-8-12-16-33)45-41(50)29-35-31-46(23-25-55-24-19-32-13-9-7-10-14-32)21-22-47(35)42(51)18-17-34-27-38(52-2)43(54-4)39(28-34)53-3/h7-16,27-28,35-37,48H,5-6,17-26,29-31H2,1-4H3,(H,44,49)(H,45,50)/t35?,36-,37-/m0/s1. The number of aliphatic hydroxyl groups excluding tert-OH is 1. The van der Waals surface area contributed by atoms with Gasteiger partial charge in [0, 0.05) is 45.6 Å². The Morgan fingerprint density at radius 1 is 0.836 bits per heavy atom. The topological polar surface area (TPSA) is 139 Å². The number of ether oxygens (including phenoxy) is 4. The molecule has 12 heteroatoms. The Labute approximate surface area is 326 Å². The minimum absolute atomic E-state index is 0.0436. The van der Waals surface area contributed by atoms with Gasteiger partial charge in [-0.05, 0) is 54.5 Å². The number of hydrogen-bond donors (Lipinski definition) is 3. The molecule has 1 fully saturated rings. The van der Waals surface area contributed by atoms with Gasteiger partial charge in [0.1, 0.15) is 0 Å². The fourth-order valence-electron chi connectivity index (χ4n) is 6.87. The van der Waals surface area contributed by atoms with Gasteiger partial charge in [0.15, 0.2) is 11.5 Å². The predicted octanol–water partition coefficient (Wildman–Crippen LogP) is 4.20. The first-order chi connectivity index (χ1) is 26.7. The number of methoxy groups -OCH3 is 3. The Balaban J connectivity index is 1.44. The molecule has 0 spiro atoms. The number of aliphatic hydroxyl groups is 1. The fourth-order valence-corrected chi connectivity index (χ4v) is 6.87. The van der Waals surface area contributed by atoms with Crippen molar-refractivity contribution in [3.8, 4) is 17.2 Å². The Bertz CT molecular complexity index is 1580. The van der Waals surface area contributed by atoms with Crippen LogP contribution in [0.3, 0.4) is 0 Å². The van der Waals surface area contributed by atoms with Crippen LogP contribution in [0.4, 0.5) is 0 Å². The van der Waals surface area contributed by atoms with E-state index in [9.17, 15) is 19.5 Å². The van der Waals surface area contributed by atoms with Crippen LogP contribution in [0.25, 0.3) is 0 Å². The molecule has 3 atom stereocenters. The molecule has 300 valence electrons. The van der Waals surface area contributed by atoms with Crippen molar-refractivity contribution in [1.82, 2.24) is 20.4 Å². The quantitative estimate of drug-likeness (QED) is 0.122. The highest BCUT2D eigenvalue weighted by Crippen LogP contribution is 2.38. The molecule has 3 aromatic rings. The second-order valence-corrected chi connectivity index (χ2v) is 14.0. The molecule has 1 unspecified atom stereocenters. The summed E-state index contributed by atoms with van der Waals surface area (Å²) in [5, 5.41) is 17.1. The van der Waals surface area contributed by atoms with Gasteiger partial charge in [0.2, 0.25) is 23.5 Å². The first kappa shape index (κ1) is 43.1. The molecular weight excluding hydrogens is 700 g/mol. The molecule has 1 saturated heterocycles. The van der Waals surface area contributed by atoms with Gasteiger partial charge >= 0.3 is 0 Å². The molecule has 55 heavy (non-hydrogen) atoms. The molecule has 1 aliphatic rings. The van der Waals surface area contributed by atoms with E-state index in [1.807, 2.05) is 72.5 Å². The fraction of sp³-hybridized carbons (Fsp3) is 0.512. The predicted molar refractivity (Wildman–Crippen MR) is 213 cm³/mol. The number of hydrogen-bond acceptors (Lipinski definition) is 9. The van der Waals surface area contributed by atoms with Crippen LogP contribution < -0.4 is 24.8 Å². The molecule has 1 aliphatic heterocycles. The van der Waals surface area contributed by atoms with Crippen LogP contribution in [-0.2, 0) is 38.4 Å². The number of carbonyl (C=O) groups is 3. The van der Waals surface area contributed by atoms with E-state index >= 15 is 0 Å². The van der Waals surface area contributed by atoms with Gasteiger partial charge in [0.25, 0.3) is 0 Å². The lowest BCUT2D eigenvalue weighted by atomic mass is 9.98. The summed E-state index contributed by atoms with van der Waals surface area (Å²) < 4.78 is 22.5. The zero-order chi connectivity index (χ0) is 39.4. The minimum Gasteiger partial charge on any atom is -0.493 e. The average Bonchev–Trinajstić information content (AvgIpc) is 3.20. The van der Waals surface area contributed by atoms with Gasteiger partial charge < -0.3 is 39.6 Å². The Kier molecular flexibility index (Phi) is 18.3. The third kappa shape index (κ3) is 14.2. The van der Waals surface area contributed by atoms with Crippen LogP contribution in [0.1, 0.15) is 55.7 Å². The maximum Gasteiger partial charge on any atom is 0.223 e. The average molecular weight is 761 g/mol. The lowest BCUT2D eigenvalue weighted by Gasteiger charge is -2.41. The Hall–Kier alpha value is -4.65. The normalized spacial score (nSPS) is 15.5. The largest absolute Gasteiger partial charge is 0.493 e. The zero-order valence-corrected chi connectivity index (χ0v) is 33.0. The van der Waals surface area contributed by atoms with Gasteiger partial charge in [-0.3, -0.25) is 19.3 Å². The molecule has 0 bridgehead atoms. The molecule has 12 nitrogen and oxygen atoms in total. The molecule has 3 aromatic carbocycles. The zero-order valence-electron chi connectivity index (χ0n) is 33.0. The summed E-state index contributed by atoms with van der Waals surface area (Å²) in [6.45, 7) is 6.01. The van der Waals surface area contributed by atoms with E-state index in [1.54, 1.807) is 21.3 Å². The highest BCUT2D eigenvalue weighted by Gasteiger charge is 2.33. The number of carbonyl (C=O) groups excluding carboxylic acids is 3. The molecule has 0 aromatic heterocycles. The second kappa shape index (κ2) is 23.3. The minimum atomic E-state index is -1.10. The van der Waals surface area contributed by atoms with E-state index in [4.69, 9.17) is 18.9 Å². The summed E-state index contributed by atoms with van der Waals surface area (Å²) in [6, 6.07) is 22.4. The van der Waals surface area contributed by atoms with Crippen LogP contribution in [0.15, 0.2) is 72.8 Å². The van der Waals surface area contributed by atoms with Gasteiger partial charge in [-0.15, -0.1) is 0 Å². The van der Waals surface area contributed by atoms with Crippen molar-refractivity contribution in [3.05, 3.63) is 89.5 Å². The lowest BCUT2D eigenvalue weighted by molar-refractivity contribution is -0.138. The van der Waals surface area contributed by atoms with Crippen LogP contribution in [0.2, 0.25) is 0 Å². The van der Waals surface area contributed by atoms with Crippen LogP contribution in [0.5, 0.6) is 17.2 Å². The number of piperazine rings is 1. The van der Waals surface area contributed by atoms with Crippen molar-refractivity contribution in [2.24, 2.45) is 0 Å². The number of nitrogens with one attached hydrogen (secondary N) is 2. The van der Waals surface area contributed by atoms with Crippen LogP contribution >= 0.6 is 0 Å². The van der Waals surface area contributed by atoms with Crippen molar-refractivity contribution in [3.63, 3.8) is 0 Å². The van der Waals surface area contributed by atoms with Gasteiger partial charge in [0.05, 0.1) is 59.2 Å². The SMILES string of the molecule is CCCCNC(=O)C[C@H](O)[C@H](Cc1ccccc1)NC(=O)CC1CN(CCOCCc2ccccc2)CCN1C(=O)CCc1cc(OC)c(OC)c(OC)c1. The molecule has 3 amide bonds. The third-order valence-corrected chi connectivity index (χ3v) is 9.95. The highest BCUT2D eigenvalue weighted by atomic mass is 16.5. The van der Waals surface area contributed by atoms with Crippen molar-refractivity contribution in [2.75, 3.05) is 67.3 Å². The summed E-state index contributed by atoms with van der Waals surface area (Å²) in [4.78, 5) is 44.5. The molecule has 3 N–H and O–H groups in total. The molecule has 0 saturated carbocycles. The lowest BCUT2D eigenvalue weighted by Crippen LogP contribution is -2.57. The van der Waals surface area contributed by atoms with E-state index in [2.05, 4.69) is 27.7 Å². The molecule has 0 aliphatic carbocycles.